The molecule has 7 nitrogen and oxygen atoms in total. The first kappa shape index (κ1) is 20.0. The van der Waals surface area contributed by atoms with Crippen molar-refractivity contribution in [3.05, 3.63) is 47.4 Å². The standard InChI is InChI=1S/C23H23NO6/c1-23(2,27)10-9-17-6-8-19(30-17)22(26)24-11-3-4-16(13-24)21(25)15-5-7-18-20(12-15)29-14-28-18/h5-8,12,16,27H,3-4,11,13-14H2,1-2H3/t16-/m1/s1. The zero-order valence-corrected chi connectivity index (χ0v) is 16.9. The highest BCUT2D eigenvalue weighted by Gasteiger charge is 2.31. The van der Waals surface area contributed by atoms with Crippen molar-refractivity contribution in [2.75, 3.05) is 19.9 Å². The van der Waals surface area contributed by atoms with Gasteiger partial charge in [-0.15, -0.1) is 0 Å². The molecule has 30 heavy (non-hydrogen) atoms. The van der Waals surface area contributed by atoms with Crippen LogP contribution in [0, 0.1) is 17.8 Å². The van der Waals surface area contributed by atoms with Gasteiger partial charge in [-0.2, -0.15) is 0 Å². The van der Waals surface area contributed by atoms with Crippen LogP contribution in [0.2, 0.25) is 0 Å². The molecule has 1 aromatic heterocycles. The molecule has 0 bridgehead atoms. The minimum absolute atomic E-state index is 0.0121. The van der Waals surface area contributed by atoms with Gasteiger partial charge in [0.2, 0.25) is 6.79 Å². The number of hydrogen-bond donors (Lipinski definition) is 1. The molecule has 2 aliphatic heterocycles. The zero-order valence-electron chi connectivity index (χ0n) is 16.9. The van der Waals surface area contributed by atoms with Gasteiger partial charge >= 0.3 is 0 Å². The van der Waals surface area contributed by atoms with Gasteiger partial charge in [0.1, 0.15) is 5.60 Å². The topological polar surface area (TPSA) is 89.2 Å². The van der Waals surface area contributed by atoms with Crippen LogP contribution in [-0.2, 0) is 0 Å². The van der Waals surface area contributed by atoms with Gasteiger partial charge in [0, 0.05) is 24.6 Å². The minimum atomic E-state index is -1.15. The first-order valence-electron chi connectivity index (χ1n) is 9.89. The quantitative estimate of drug-likeness (QED) is 0.619. The largest absolute Gasteiger partial charge is 0.454 e. The number of ether oxygens (including phenoxy) is 2. The lowest BCUT2D eigenvalue weighted by atomic mass is 9.89. The second kappa shape index (κ2) is 7.88. The number of furan rings is 1. The van der Waals surface area contributed by atoms with E-state index in [9.17, 15) is 14.7 Å². The summed E-state index contributed by atoms with van der Waals surface area (Å²) in [5, 5.41) is 9.69. The molecule has 0 spiro atoms. The Bertz CT molecular complexity index is 1040. The van der Waals surface area contributed by atoms with Crippen molar-refractivity contribution in [2.24, 2.45) is 5.92 Å². The van der Waals surface area contributed by atoms with Gasteiger partial charge in [0.05, 0.1) is 0 Å². The minimum Gasteiger partial charge on any atom is -0.454 e. The number of Topliss-reactive ketones (excluding diaryl/α,β-unsaturated/α-hetero) is 1. The molecule has 1 atom stereocenters. The summed E-state index contributed by atoms with van der Waals surface area (Å²) in [6.45, 7) is 4.19. The lowest BCUT2D eigenvalue weighted by Gasteiger charge is -2.31. The van der Waals surface area contributed by atoms with E-state index >= 15 is 0 Å². The maximum atomic E-state index is 13.0. The van der Waals surface area contributed by atoms with E-state index in [4.69, 9.17) is 13.9 Å². The third-order valence-electron chi connectivity index (χ3n) is 5.04. The summed E-state index contributed by atoms with van der Waals surface area (Å²) in [5.74, 6) is 6.49. The molecule has 2 aromatic rings. The average molecular weight is 409 g/mol. The number of carbonyl (C=O) groups excluding carboxylic acids is 2. The van der Waals surface area contributed by atoms with Crippen LogP contribution in [0.5, 0.6) is 11.5 Å². The third kappa shape index (κ3) is 4.34. The number of amides is 1. The third-order valence-corrected chi connectivity index (χ3v) is 5.04. The summed E-state index contributed by atoms with van der Waals surface area (Å²) < 4.78 is 16.2. The van der Waals surface area contributed by atoms with Crippen molar-refractivity contribution in [1.82, 2.24) is 4.90 Å². The Morgan fingerprint density at radius 3 is 2.77 bits per heavy atom. The first-order valence-corrected chi connectivity index (χ1v) is 9.89. The van der Waals surface area contributed by atoms with E-state index in [-0.39, 0.29) is 30.2 Å². The second-order valence-corrected chi connectivity index (χ2v) is 8.00. The summed E-state index contributed by atoms with van der Waals surface area (Å²) >= 11 is 0. The molecule has 2 aliphatic rings. The molecule has 4 rings (SSSR count). The Labute approximate surface area is 174 Å². The van der Waals surface area contributed by atoms with Gasteiger partial charge < -0.3 is 23.9 Å². The smallest absolute Gasteiger partial charge is 0.289 e. The number of likely N-dealkylation sites (tertiary alicyclic amines) is 1. The number of piperidine rings is 1. The molecule has 7 heteroatoms. The predicted octanol–water partition coefficient (Wildman–Crippen LogP) is 2.87. The highest BCUT2D eigenvalue weighted by molar-refractivity contribution is 5.99. The summed E-state index contributed by atoms with van der Waals surface area (Å²) in [6, 6.07) is 8.34. The van der Waals surface area contributed by atoms with Gasteiger partial charge in [0.25, 0.3) is 5.91 Å². The molecule has 0 unspecified atom stereocenters. The fourth-order valence-corrected chi connectivity index (χ4v) is 3.55. The maximum Gasteiger partial charge on any atom is 0.289 e. The molecule has 0 saturated carbocycles. The van der Waals surface area contributed by atoms with Crippen LogP contribution in [-0.4, -0.2) is 47.2 Å². The molecule has 1 N–H and O–H groups in total. The van der Waals surface area contributed by atoms with Crippen LogP contribution in [0.15, 0.2) is 34.7 Å². The molecule has 1 amide bonds. The molecule has 1 fully saturated rings. The number of rotatable bonds is 3. The normalized spacial score (nSPS) is 18.0. The molecule has 3 heterocycles. The Morgan fingerprint density at radius 2 is 1.97 bits per heavy atom. The average Bonchev–Trinajstić information content (AvgIpc) is 3.39. The fourth-order valence-electron chi connectivity index (χ4n) is 3.55. The van der Waals surface area contributed by atoms with Crippen molar-refractivity contribution < 1.29 is 28.6 Å². The number of carbonyl (C=O) groups is 2. The van der Waals surface area contributed by atoms with Crippen molar-refractivity contribution >= 4 is 11.7 Å². The zero-order chi connectivity index (χ0) is 21.3. The van der Waals surface area contributed by atoms with Gasteiger partial charge in [-0.1, -0.05) is 5.92 Å². The molecular formula is C23H23NO6. The summed E-state index contributed by atoms with van der Waals surface area (Å²) in [4.78, 5) is 27.5. The van der Waals surface area contributed by atoms with Crippen LogP contribution in [0.25, 0.3) is 0 Å². The van der Waals surface area contributed by atoms with Crippen molar-refractivity contribution in [3.63, 3.8) is 0 Å². The number of hydrogen-bond acceptors (Lipinski definition) is 6. The molecule has 0 aliphatic carbocycles. The number of aliphatic hydroxyl groups is 1. The van der Waals surface area contributed by atoms with Crippen LogP contribution in [0.1, 0.15) is 53.4 Å². The lowest BCUT2D eigenvalue weighted by Crippen LogP contribution is -2.42. The van der Waals surface area contributed by atoms with Gasteiger partial charge in [-0.3, -0.25) is 9.59 Å². The van der Waals surface area contributed by atoms with E-state index in [0.29, 0.717) is 35.9 Å². The molecule has 0 radical (unpaired) electrons. The molecular weight excluding hydrogens is 386 g/mol. The van der Waals surface area contributed by atoms with Gasteiger partial charge in [-0.05, 0) is 62.9 Å². The predicted molar refractivity (Wildman–Crippen MR) is 107 cm³/mol. The number of fused-ring (bicyclic) bond motifs is 1. The highest BCUT2D eigenvalue weighted by Crippen LogP contribution is 2.34. The van der Waals surface area contributed by atoms with Gasteiger partial charge in [0.15, 0.2) is 28.8 Å². The number of benzene rings is 1. The Balaban J connectivity index is 1.44. The molecule has 1 aromatic carbocycles. The van der Waals surface area contributed by atoms with E-state index in [1.165, 1.54) is 0 Å². The Kier molecular flexibility index (Phi) is 5.27. The monoisotopic (exact) mass is 409 g/mol. The summed E-state index contributed by atoms with van der Waals surface area (Å²) in [7, 11) is 0. The molecule has 156 valence electrons. The van der Waals surface area contributed by atoms with E-state index in [1.807, 2.05) is 0 Å². The number of ketones is 1. The van der Waals surface area contributed by atoms with E-state index in [2.05, 4.69) is 11.8 Å². The van der Waals surface area contributed by atoms with Crippen LogP contribution < -0.4 is 9.47 Å². The Morgan fingerprint density at radius 1 is 1.17 bits per heavy atom. The highest BCUT2D eigenvalue weighted by atomic mass is 16.7. The van der Waals surface area contributed by atoms with E-state index in [0.717, 1.165) is 12.8 Å². The van der Waals surface area contributed by atoms with Crippen molar-refractivity contribution in [2.45, 2.75) is 32.3 Å². The van der Waals surface area contributed by atoms with E-state index in [1.54, 1.807) is 49.1 Å². The second-order valence-electron chi connectivity index (χ2n) is 8.00. The number of nitrogens with zero attached hydrogens (tertiary/aromatic N) is 1. The Hall–Kier alpha value is -3.24. The van der Waals surface area contributed by atoms with Crippen LogP contribution >= 0.6 is 0 Å². The van der Waals surface area contributed by atoms with Crippen LogP contribution in [0.4, 0.5) is 0 Å². The molecule has 1 saturated heterocycles. The fraction of sp³-hybridized carbons (Fsp3) is 0.391. The van der Waals surface area contributed by atoms with Crippen molar-refractivity contribution in [3.8, 4) is 23.3 Å². The van der Waals surface area contributed by atoms with Crippen molar-refractivity contribution in [1.29, 1.82) is 0 Å². The van der Waals surface area contributed by atoms with Crippen LogP contribution in [0.3, 0.4) is 0 Å². The maximum absolute atomic E-state index is 13.0. The van der Waals surface area contributed by atoms with E-state index < -0.39 is 5.60 Å². The summed E-state index contributed by atoms with van der Waals surface area (Å²) in [5.41, 5.74) is -0.590. The van der Waals surface area contributed by atoms with Gasteiger partial charge in [-0.25, -0.2) is 0 Å². The summed E-state index contributed by atoms with van der Waals surface area (Å²) in [6.07, 6.45) is 1.45. The SMILES string of the molecule is CC(C)(O)C#Cc1ccc(C(=O)N2CCC[C@@H](C(=O)c3ccc4c(c3)OCO4)C2)o1. The lowest BCUT2D eigenvalue weighted by molar-refractivity contribution is 0.0610. The first-order chi connectivity index (χ1) is 14.3.